The summed E-state index contributed by atoms with van der Waals surface area (Å²) < 4.78 is 1.75. The minimum atomic E-state index is 0.171. The quantitative estimate of drug-likeness (QED) is 0.806. The third kappa shape index (κ3) is 3.29. The Balaban J connectivity index is 1.98. The van der Waals surface area contributed by atoms with Crippen molar-refractivity contribution >= 4 is 0 Å². The summed E-state index contributed by atoms with van der Waals surface area (Å²) in [7, 11) is 0. The largest absolute Gasteiger partial charge is 0.508 e. The second kappa shape index (κ2) is 5.45. The summed E-state index contributed by atoms with van der Waals surface area (Å²) in [6.45, 7) is 0.803. The lowest BCUT2D eigenvalue weighted by Gasteiger charge is -2.00. The highest BCUT2D eigenvalue weighted by atomic mass is 16.3. The Bertz CT molecular complexity index is 465. The molecule has 0 bridgehead atoms. The summed E-state index contributed by atoms with van der Waals surface area (Å²) >= 11 is 0. The normalized spacial score (nSPS) is 10.6. The van der Waals surface area contributed by atoms with Crippen molar-refractivity contribution in [1.29, 1.82) is 0 Å². The van der Waals surface area contributed by atoms with E-state index >= 15 is 0 Å². The fraction of sp³-hybridized carbons (Fsp3) is 0.333. The first kappa shape index (κ1) is 11.6. The average molecular weight is 233 g/mol. The van der Waals surface area contributed by atoms with E-state index in [0.29, 0.717) is 13.0 Å². The van der Waals surface area contributed by atoms with Gasteiger partial charge in [0.05, 0.1) is 12.2 Å². The summed E-state index contributed by atoms with van der Waals surface area (Å²) in [6, 6.07) is 7.01. The van der Waals surface area contributed by atoms with Crippen molar-refractivity contribution < 1.29 is 10.2 Å². The molecule has 0 fully saturated rings. The van der Waals surface area contributed by atoms with E-state index in [-0.39, 0.29) is 12.4 Å². The molecule has 5 nitrogen and oxygen atoms in total. The molecule has 0 radical (unpaired) electrons. The summed E-state index contributed by atoms with van der Waals surface area (Å²) in [5.41, 5.74) is 1.94. The topological polar surface area (TPSA) is 71.2 Å². The van der Waals surface area contributed by atoms with E-state index in [2.05, 4.69) is 10.3 Å². The number of phenolic OH excluding ortho intramolecular Hbond substituents is 1. The number of phenols is 1. The molecule has 0 aliphatic heterocycles. The van der Waals surface area contributed by atoms with Crippen LogP contribution in [0.1, 0.15) is 17.7 Å². The van der Waals surface area contributed by atoms with Gasteiger partial charge in [0.15, 0.2) is 0 Å². The minimum Gasteiger partial charge on any atom is -0.508 e. The van der Waals surface area contributed by atoms with Crippen molar-refractivity contribution in [1.82, 2.24) is 15.0 Å². The van der Waals surface area contributed by atoms with Gasteiger partial charge in [0.2, 0.25) is 0 Å². The smallest absolute Gasteiger partial charge is 0.115 e. The van der Waals surface area contributed by atoms with Gasteiger partial charge in [-0.3, -0.25) is 0 Å². The monoisotopic (exact) mass is 233 g/mol. The van der Waals surface area contributed by atoms with Gasteiger partial charge in [-0.15, -0.1) is 5.10 Å². The first-order valence-electron chi connectivity index (χ1n) is 5.56. The molecule has 1 aromatic heterocycles. The highest BCUT2D eigenvalue weighted by molar-refractivity contribution is 5.25. The predicted molar refractivity (Wildman–Crippen MR) is 62.6 cm³/mol. The number of aromatic hydroxyl groups is 1. The van der Waals surface area contributed by atoms with Gasteiger partial charge in [-0.1, -0.05) is 17.3 Å². The molecule has 1 aromatic carbocycles. The van der Waals surface area contributed by atoms with E-state index in [1.54, 1.807) is 16.8 Å². The van der Waals surface area contributed by atoms with Gasteiger partial charge in [0.25, 0.3) is 0 Å². The number of nitrogens with zero attached hydrogens (tertiary/aromatic N) is 3. The van der Waals surface area contributed by atoms with E-state index in [4.69, 9.17) is 10.2 Å². The first-order chi connectivity index (χ1) is 8.28. The summed E-state index contributed by atoms with van der Waals surface area (Å²) in [5.74, 6) is 0.260. The molecule has 0 spiro atoms. The Morgan fingerprint density at radius 1 is 1.18 bits per heavy atom. The number of rotatable bonds is 5. The molecule has 0 saturated heterocycles. The van der Waals surface area contributed by atoms with Crippen molar-refractivity contribution in [3.05, 3.63) is 41.7 Å². The van der Waals surface area contributed by atoms with Gasteiger partial charge in [-0.25, -0.2) is 4.68 Å². The van der Waals surface area contributed by atoms with Gasteiger partial charge in [-0.05, 0) is 30.5 Å². The number of aromatic nitrogens is 3. The molecule has 0 atom stereocenters. The van der Waals surface area contributed by atoms with Crippen LogP contribution in [0.15, 0.2) is 30.5 Å². The number of aryl methyl sites for hydroxylation is 1. The number of hydrogen-bond acceptors (Lipinski definition) is 4. The Morgan fingerprint density at radius 2 is 1.94 bits per heavy atom. The van der Waals surface area contributed by atoms with Crippen LogP contribution in [-0.2, 0) is 13.0 Å². The Kier molecular flexibility index (Phi) is 3.72. The maximum absolute atomic E-state index is 9.17. The van der Waals surface area contributed by atoms with Crippen molar-refractivity contribution in [3.63, 3.8) is 0 Å². The summed E-state index contributed by atoms with van der Waals surface area (Å²) in [6.07, 6.45) is 3.33. The zero-order valence-electron chi connectivity index (χ0n) is 9.45. The fourth-order valence-corrected chi connectivity index (χ4v) is 1.58. The van der Waals surface area contributed by atoms with Crippen LogP contribution in [-0.4, -0.2) is 31.8 Å². The second-order valence-corrected chi connectivity index (χ2v) is 3.90. The highest BCUT2D eigenvalue weighted by Crippen LogP contribution is 2.10. The SMILES string of the molecule is OCCCc1cn(Cc2ccc(O)cc2)nn1. The van der Waals surface area contributed by atoms with Crippen LogP contribution in [0.5, 0.6) is 5.75 Å². The number of benzene rings is 1. The molecule has 0 aliphatic rings. The van der Waals surface area contributed by atoms with Crippen molar-refractivity contribution in [3.8, 4) is 5.75 Å². The minimum absolute atomic E-state index is 0.171. The van der Waals surface area contributed by atoms with Crippen LogP contribution in [0.3, 0.4) is 0 Å². The molecule has 1 heterocycles. The third-order valence-electron chi connectivity index (χ3n) is 2.46. The van der Waals surface area contributed by atoms with Gasteiger partial charge >= 0.3 is 0 Å². The van der Waals surface area contributed by atoms with Crippen molar-refractivity contribution in [2.45, 2.75) is 19.4 Å². The Hall–Kier alpha value is -1.88. The zero-order valence-corrected chi connectivity index (χ0v) is 9.45. The molecular formula is C12H15N3O2. The number of aliphatic hydroxyl groups is 1. The predicted octanol–water partition coefficient (Wildman–Crippen LogP) is 0.957. The maximum Gasteiger partial charge on any atom is 0.115 e. The van der Waals surface area contributed by atoms with E-state index in [0.717, 1.165) is 17.7 Å². The molecule has 0 unspecified atom stereocenters. The Morgan fingerprint density at radius 3 is 2.65 bits per heavy atom. The lowest BCUT2D eigenvalue weighted by atomic mass is 10.2. The van der Waals surface area contributed by atoms with E-state index in [1.807, 2.05) is 18.3 Å². The van der Waals surface area contributed by atoms with Gasteiger partial charge in [0, 0.05) is 12.8 Å². The van der Waals surface area contributed by atoms with E-state index < -0.39 is 0 Å². The Labute approximate surface area is 99.3 Å². The van der Waals surface area contributed by atoms with Gasteiger partial charge in [0.1, 0.15) is 5.75 Å². The summed E-state index contributed by atoms with van der Waals surface area (Å²) in [4.78, 5) is 0. The number of aliphatic hydroxyl groups excluding tert-OH is 1. The van der Waals surface area contributed by atoms with Crippen molar-refractivity contribution in [2.24, 2.45) is 0 Å². The van der Waals surface area contributed by atoms with Crippen LogP contribution < -0.4 is 0 Å². The lowest BCUT2D eigenvalue weighted by molar-refractivity contribution is 0.288. The summed E-state index contributed by atoms with van der Waals surface area (Å²) in [5, 5.41) is 25.9. The molecule has 0 aliphatic carbocycles. The van der Waals surface area contributed by atoms with Crippen LogP contribution in [0.25, 0.3) is 0 Å². The molecule has 0 saturated carbocycles. The average Bonchev–Trinajstić information content (AvgIpc) is 2.77. The maximum atomic E-state index is 9.17. The van der Waals surface area contributed by atoms with Crippen molar-refractivity contribution in [2.75, 3.05) is 6.61 Å². The van der Waals surface area contributed by atoms with Crippen LogP contribution in [0.2, 0.25) is 0 Å². The first-order valence-corrected chi connectivity index (χ1v) is 5.56. The molecule has 2 aromatic rings. The van der Waals surface area contributed by atoms with Gasteiger partial charge < -0.3 is 10.2 Å². The lowest BCUT2D eigenvalue weighted by Crippen LogP contribution is -1.99. The van der Waals surface area contributed by atoms with Crippen LogP contribution >= 0.6 is 0 Å². The fourth-order valence-electron chi connectivity index (χ4n) is 1.58. The zero-order chi connectivity index (χ0) is 12.1. The van der Waals surface area contributed by atoms with Crippen LogP contribution in [0, 0.1) is 0 Å². The van der Waals surface area contributed by atoms with E-state index in [9.17, 15) is 0 Å². The molecule has 5 heteroatoms. The molecule has 0 amide bonds. The highest BCUT2D eigenvalue weighted by Gasteiger charge is 2.01. The van der Waals surface area contributed by atoms with Gasteiger partial charge in [-0.2, -0.15) is 0 Å². The molecule has 2 N–H and O–H groups in total. The third-order valence-corrected chi connectivity index (χ3v) is 2.46. The molecule has 2 rings (SSSR count). The van der Waals surface area contributed by atoms with Crippen LogP contribution in [0.4, 0.5) is 0 Å². The molecule has 17 heavy (non-hydrogen) atoms. The molecule has 90 valence electrons. The van der Waals surface area contributed by atoms with E-state index in [1.165, 1.54) is 0 Å². The standard InChI is InChI=1S/C12H15N3O2/c16-7-1-2-11-9-15(14-13-11)8-10-3-5-12(17)6-4-10/h3-6,9,16-17H,1-2,7-8H2. The molecular weight excluding hydrogens is 218 g/mol. The number of hydrogen-bond donors (Lipinski definition) is 2. The second-order valence-electron chi connectivity index (χ2n) is 3.90.